The molecule has 1 aliphatic rings. The summed E-state index contributed by atoms with van der Waals surface area (Å²) in [5.74, 6) is 0.227. The van der Waals surface area contributed by atoms with Gasteiger partial charge in [0.05, 0.1) is 6.54 Å². The third kappa shape index (κ3) is 8.26. The lowest BCUT2D eigenvalue weighted by Crippen LogP contribution is -2.47. The lowest BCUT2D eigenvalue weighted by Gasteiger charge is -2.35. The summed E-state index contributed by atoms with van der Waals surface area (Å²) in [7, 11) is 0. The van der Waals surface area contributed by atoms with Crippen LogP contribution in [0, 0.1) is 6.92 Å². The molecule has 4 nitrogen and oxygen atoms in total. The first kappa shape index (κ1) is 26.5. The molecule has 0 N–H and O–H groups in total. The van der Waals surface area contributed by atoms with Crippen molar-refractivity contribution in [3.05, 3.63) is 57.8 Å². The van der Waals surface area contributed by atoms with Crippen molar-refractivity contribution in [1.82, 2.24) is 9.80 Å². The smallest absolute Gasteiger partial charge is 0.242 e. The maximum absolute atomic E-state index is 13.7. The summed E-state index contributed by atoms with van der Waals surface area (Å²) in [6, 6.07) is 12.5. The van der Waals surface area contributed by atoms with Crippen molar-refractivity contribution in [3.63, 3.8) is 0 Å². The average Bonchev–Trinajstić information content (AvgIpc) is 3.27. The predicted molar refractivity (Wildman–Crippen MR) is 142 cm³/mol. The van der Waals surface area contributed by atoms with Crippen molar-refractivity contribution in [2.75, 3.05) is 6.54 Å². The molecule has 0 aliphatic heterocycles. The summed E-state index contributed by atoms with van der Waals surface area (Å²) >= 11 is 1.70. The lowest BCUT2D eigenvalue weighted by atomic mass is 9.93. The number of hydrogen-bond acceptors (Lipinski definition) is 3. The quantitative estimate of drug-likeness (QED) is 0.286. The van der Waals surface area contributed by atoms with Gasteiger partial charge in [-0.25, -0.2) is 0 Å². The molecule has 186 valence electrons. The number of amides is 2. The number of aryl methyl sites for hydroxylation is 1. The van der Waals surface area contributed by atoms with Gasteiger partial charge in [0.15, 0.2) is 0 Å². The largest absolute Gasteiger partial charge is 0.332 e. The minimum absolute atomic E-state index is 0.0570. The van der Waals surface area contributed by atoms with Crippen molar-refractivity contribution in [2.24, 2.45) is 0 Å². The molecule has 0 bridgehead atoms. The van der Waals surface area contributed by atoms with Crippen LogP contribution in [0.1, 0.15) is 93.6 Å². The molecule has 0 atom stereocenters. The summed E-state index contributed by atoms with van der Waals surface area (Å²) in [5, 5.41) is 2.09. The molecule has 2 amide bonds. The number of carbonyl (C=O) groups is 2. The van der Waals surface area contributed by atoms with Gasteiger partial charge < -0.3 is 9.80 Å². The fourth-order valence-electron chi connectivity index (χ4n) is 4.86. The first-order valence-electron chi connectivity index (χ1n) is 13.2. The second-order valence-electron chi connectivity index (χ2n) is 9.74. The maximum Gasteiger partial charge on any atom is 0.242 e. The molecule has 1 aromatic carbocycles. The predicted octanol–water partition coefficient (Wildman–Crippen LogP) is 7.11. The average molecular weight is 483 g/mol. The van der Waals surface area contributed by atoms with Crippen molar-refractivity contribution in [1.29, 1.82) is 0 Å². The van der Waals surface area contributed by atoms with Gasteiger partial charge in [0.1, 0.15) is 6.54 Å². The van der Waals surface area contributed by atoms with Crippen LogP contribution in [0.25, 0.3) is 0 Å². The first-order chi connectivity index (χ1) is 16.6. The number of carbonyl (C=O) groups excluding carboxylic acids is 2. The van der Waals surface area contributed by atoms with Crippen LogP contribution in [0.15, 0.2) is 41.8 Å². The number of unbranched alkanes of at least 4 members (excludes halogenated alkanes) is 4. The van der Waals surface area contributed by atoms with Crippen LogP contribution in [-0.2, 0) is 22.7 Å². The molecule has 3 rings (SSSR count). The molecule has 1 fully saturated rings. The third-order valence-electron chi connectivity index (χ3n) is 7.01. The van der Waals surface area contributed by atoms with E-state index in [4.69, 9.17) is 0 Å². The van der Waals surface area contributed by atoms with Gasteiger partial charge in [0.2, 0.25) is 11.8 Å². The number of thiophene rings is 1. The molecule has 34 heavy (non-hydrogen) atoms. The van der Waals surface area contributed by atoms with Crippen LogP contribution in [-0.4, -0.2) is 34.2 Å². The first-order valence-corrected chi connectivity index (χ1v) is 14.1. The highest BCUT2D eigenvalue weighted by molar-refractivity contribution is 7.10. The molecule has 2 aromatic rings. The molecule has 1 aromatic heterocycles. The normalized spacial score (nSPS) is 14.2. The van der Waals surface area contributed by atoms with Gasteiger partial charge in [-0.05, 0) is 48.8 Å². The Labute approximate surface area is 210 Å². The van der Waals surface area contributed by atoms with Gasteiger partial charge in [-0.3, -0.25) is 9.59 Å². The van der Waals surface area contributed by atoms with E-state index in [0.29, 0.717) is 19.5 Å². The van der Waals surface area contributed by atoms with Gasteiger partial charge >= 0.3 is 0 Å². The Bertz CT molecular complexity index is 873. The molecule has 0 spiro atoms. The van der Waals surface area contributed by atoms with E-state index in [1.165, 1.54) is 36.1 Å². The minimum atomic E-state index is 0.0570. The fraction of sp³-hybridized carbons (Fsp3) is 0.586. The minimum Gasteiger partial charge on any atom is -0.332 e. The molecule has 0 radical (unpaired) electrons. The monoisotopic (exact) mass is 482 g/mol. The Kier molecular flexibility index (Phi) is 11.1. The van der Waals surface area contributed by atoms with E-state index in [2.05, 4.69) is 37.4 Å². The number of rotatable bonds is 13. The molecule has 1 heterocycles. The van der Waals surface area contributed by atoms with E-state index < -0.39 is 0 Å². The van der Waals surface area contributed by atoms with Gasteiger partial charge in [-0.15, -0.1) is 11.3 Å². The van der Waals surface area contributed by atoms with Gasteiger partial charge in [0.25, 0.3) is 0 Å². The summed E-state index contributed by atoms with van der Waals surface area (Å²) < 4.78 is 0. The number of nitrogens with zero attached hydrogens (tertiary/aromatic N) is 2. The van der Waals surface area contributed by atoms with Gasteiger partial charge in [-0.2, -0.15) is 0 Å². The highest BCUT2D eigenvalue weighted by Crippen LogP contribution is 2.25. The van der Waals surface area contributed by atoms with E-state index in [9.17, 15) is 9.59 Å². The molecule has 1 saturated carbocycles. The Balaban J connectivity index is 1.71. The summed E-state index contributed by atoms with van der Waals surface area (Å²) in [6.45, 7) is 5.69. The zero-order chi connectivity index (χ0) is 24.2. The second kappa shape index (κ2) is 14.3. The van der Waals surface area contributed by atoms with E-state index in [1.807, 2.05) is 28.0 Å². The molecular formula is C29H42N2O2S. The highest BCUT2D eigenvalue weighted by atomic mass is 32.1. The SMILES string of the molecule is CCCCCCCC(=O)N(CC(=O)N(Cc1ccccc1)Cc1sccc1C)C1CCCCC1. The molecule has 1 aliphatic carbocycles. The van der Waals surface area contributed by atoms with Crippen LogP contribution >= 0.6 is 11.3 Å². The Hall–Kier alpha value is -2.14. The Morgan fingerprint density at radius 1 is 0.912 bits per heavy atom. The molecule has 0 saturated heterocycles. The number of benzene rings is 1. The van der Waals surface area contributed by atoms with Gasteiger partial charge in [0, 0.05) is 23.9 Å². The zero-order valence-electron chi connectivity index (χ0n) is 21.1. The number of hydrogen-bond donors (Lipinski definition) is 0. The highest BCUT2D eigenvalue weighted by Gasteiger charge is 2.29. The molecular weight excluding hydrogens is 440 g/mol. The van der Waals surface area contributed by atoms with Crippen LogP contribution in [0.5, 0.6) is 0 Å². The Morgan fingerprint density at radius 3 is 2.32 bits per heavy atom. The zero-order valence-corrected chi connectivity index (χ0v) is 22.0. The van der Waals surface area contributed by atoms with Crippen LogP contribution < -0.4 is 0 Å². The van der Waals surface area contributed by atoms with E-state index in [-0.39, 0.29) is 24.4 Å². The van der Waals surface area contributed by atoms with E-state index >= 15 is 0 Å². The van der Waals surface area contributed by atoms with Crippen LogP contribution in [0.3, 0.4) is 0 Å². The maximum atomic E-state index is 13.7. The molecule has 0 unspecified atom stereocenters. The molecule has 5 heteroatoms. The second-order valence-corrected chi connectivity index (χ2v) is 10.7. The Morgan fingerprint density at radius 2 is 1.65 bits per heavy atom. The van der Waals surface area contributed by atoms with Crippen molar-refractivity contribution >= 4 is 23.2 Å². The fourth-order valence-corrected chi connectivity index (χ4v) is 5.78. The van der Waals surface area contributed by atoms with E-state index in [1.54, 1.807) is 11.3 Å². The van der Waals surface area contributed by atoms with E-state index in [0.717, 1.165) is 44.1 Å². The van der Waals surface area contributed by atoms with Crippen molar-refractivity contribution in [2.45, 2.75) is 104 Å². The van der Waals surface area contributed by atoms with Crippen molar-refractivity contribution in [3.8, 4) is 0 Å². The van der Waals surface area contributed by atoms with Gasteiger partial charge in [-0.1, -0.05) is 82.2 Å². The van der Waals surface area contributed by atoms with Crippen LogP contribution in [0.2, 0.25) is 0 Å². The topological polar surface area (TPSA) is 40.6 Å². The summed E-state index contributed by atoms with van der Waals surface area (Å²) in [6.07, 6.45) is 11.8. The summed E-state index contributed by atoms with van der Waals surface area (Å²) in [5.41, 5.74) is 2.35. The lowest BCUT2D eigenvalue weighted by molar-refractivity contribution is -0.143. The third-order valence-corrected chi connectivity index (χ3v) is 8.01. The summed E-state index contributed by atoms with van der Waals surface area (Å²) in [4.78, 5) is 32.1. The standard InChI is InChI=1S/C29H42N2O2S/c1-3-4-5-6-13-18-28(32)31(26-16-11-8-12-17-26)23-29(33)30(21-25-14-9-7-10-15-25)22-27-24(2)19-20-34-27/h7,9-10,14-15,19-20,26H,3-6,8,11-13,16-18,21-23H2,1-2H3. The van der Waals surface area contributed by atoms with Crippen LogP contribution in [0.4, 0.5) is 0 Å². The van der Waals surface area contributed by atoms with Crippen molar-refractivity contribution < 1.29 is 9.59 Å².